The van der Waals surface area contributed by atoms with E-state index in [1.807, 2.05) is 0 Å². The predicted octanol–water partition coefficient (Wildman–Crippen LogP) is 1.37. The fourth-order valence-electron chi connectivity index (χ4n) is 0.733. The molecule has 0 amide bonds. The first-order valence-corrected chi connectivity index (χ1v) is 2.97. The Morgan fingerprint density at radius 1 is 1.56 bits per heavy atom. The second-order valence-electron chi connectivity index (χ2n) is 2.36. The van der Waals surface area contributed by atoms with Gasteiger partial charge in [0, 0.05) is 5.92 Å². The van der Waals surface area contributed by atoms with Crippen molar-refractivity contribution in [2.24, 2.45) is 11.7 Å². The fraction of sp³-hybridized carbons (Fsp3) is 0.429. The Morgan fingerprint density at radius 2 is 2.22 bits per heavy atom. The first kappa shape index (κ1) is 6.49. The first-order chi connectivity index (χ1) is 4.13. The lowest BCUT2D eigenvalue weighted by Gasteiger charge is -2.22. The largest absolute Gasteiger partial charge is 0.295 e. The molecule has 2 unspecified atom stereocenters. The molecule has 1 nitrogen and oxygen atoms in total. The average molecular weight is 127 g/mol. The van der Waals surface area contributed by atoms with E-state index in [1.165, 1.54) is 6.08 Å². The smallest absolute Gasteiger partial charge is 0.184 e. The number of hydrogen-bond acceptors (Lipinski definition) is 1. The summed E-state index contributed by atoms with van der Waals surface area (Å²) in [6.45, 7) is 1.75. The summed E-state index contributed by atoms with van der Waals surface area (Å²) in [6, 6.07) is 0. The molecule has 0 aliphatic heterocycles. The van der Waals surface area contributed by atoms with E-state index in [0.717, 1.165) is 0 Å². The van der Waals surface area contributed by atoms with Gasteiger partial charge >= 0.3 is 0 Å². The van der Waals surface area contributed by atoms with Crippen molar-refractivity contribution in [3.8, 4) is 0 Å². The van der Waals surface area contributed by atoms with Crippen molar-refractivity contribution >= 4 is 0 Å². The Kier molecular flexibility index (Phi) is 1.41. The van der Waals surface area contributed by atoms with Gasteiger partial charge in [0.2, 0.25) is 0 Å². The molecule has 0 heterocycles. The van der Waals surface area contributed by atoms with E-state index in [4.69, 9.17) is 5.73 Å². The molecule has 0 bridgehead atoms. The molecule has 0 radical (unpaired) electrons. The molecule has 2 atom stereocenters. The molecule has 0 aromatic heterocycles. The van der Waals surface area contributed by atoms with E-state index >= 15 is 0 Å². The quantitative estimate of drug-likeness (QED) is 0.489. The van der Waals surface area contributed by atoms with Crippen LogP contribution in [0.5, 0.6) is 0 Å². The van der Waals surface area contributed by atoms with E-state index in [2.05, 4.69) is 0 Å². The van der Waals surface area contributed by atoms with Gasteiger partial charge in [0.15, 0.2) is 5.79 Å². The summed E-state index contributed by atoms with van der Waals surface area (Å²) in [5, 5.41) is 0. The third kappa shape index (κ3) is 1.19. The molecular formula is C7H10FN. The van der Waals surface area contributed by atoms with Crippen LogP contribution in [0.2, 0.25) is 0 Å². The van der Waals surface area contributed by atoms with Crippen LogP contribution >= 0.6 is 0 Å². The van der Waals surface area contributed by atoms with Crippen LogP contribution in [0.25, 0.3) is 0 Å². The van der Waals surface area contributed by atoms with Crippen molar-refractivity contribution in [3.05, 3.63) is 24.3 Å². The number of hydrogen-bond donors (Lipinski definition) is 1. The number of alkyl halides is 1. The topological polar surface area (TPSA) is 26.0 Å². The van der Waals surface area contributed by atoms with Gasteiger partial charge in [-0.1, -0.05) is 25.2 Å². The molecule has 1 aliphatic rings. The minimum atomic E-state index is -1.63. The van der Waals surface area contributed by atoms with Crippen LogP contribution in [-0.4, -0.2) is 5.79 Å². The third-order valence-corrected chi connectivity index (χ3v) is 1.56. The fourth-order valence-corrected chi connectivity index (χ4v) is 0.733. The second-order valence-corrected chi connectivity index (χ2v) is 2.36. The minimum Gasteiger partial charge on any atom is -0.295 e. The van der Waals surface area contributed by atoms with Crippen LogP contribution in [0.15, 0.2) is 24.3 Å². The van der Waals surface area contributed by atoms with Gasteiger partial charge in [-0.3, -0.25) is 5.73 Å². The number of rotatable bonds is 0. The van der Waals surface area contributed by atoms with Crippen LogP contribution in [-0.2, 0) is 0 Å². The summed E-state index contributed by atoms with van der Waals surface area (Å²) in [7, 11) is 0. The van der Waals surface area contributed by atoms with Crippen LogP contribution in [0.4, 0.5) is 4.39 Å². The molecule has 1 aliphatic carbocycles. The van der Waals surface area contributed by atoms with Gasteiger partial charge in [-0.2, -0.15) is 0 Å². The van der Waals surface area contributed by atoms with Crippen molar-refractivity contribution in [1.29, 1.82) is 0 Å². The maximum atomic E-state index is 12.9. The highest BCUT2D eigenvalue weighted by atomic mass is 19.1. The molecule has 2 N–H and O–H groups in total. The van der Waals surface area contributed by atoms with Gasteiger partial charge in [0.05, 0.1) is 0 Å². The number of halogens is 1. The first-order valence-electron chi connectivity index (χ1n) is 2.97. The van der Waals surface area contributed by atoms with E-state index in [-0.39, 0.29) is 5.92 Å². The molecule has 0 spiro atoms. The van der Waals surface area contributed by atoms with E-state index < -0.39 is 5.79 Å². The Morgan fingerprint density at radius 3 is 2.56 bits per heavy atom. The average Bonchev–Trinajstić information content (AvgIpc) is 1.77. The van der Waals surface area contributed by atoms with E-state index in [0.29, 0.717) is 0 Å². The Bertz CT molecular complexity index is 158. The molecule has 0 saturated heterocycles. The maximum Gasteiger partial charge on any atom is 0.184 e. The zero-order valence-corrected chi connectivity index (χ0v) is 5.34. The van der Waals surface area contributed by atoms with Crippen LogP contribution < -0.4 is 5.73 Å². The summed E-state index contributed by atoms with van der Waals surface area (Å²) >= 11 is 0. The van der Waals surface area contributed by atoms with Crippen molar-refractivity contribution < 1.29 is 4.39 Å². The van der Waals surface area contributed by atoms with Crippen LogP contribution in [0.3, 0.4) is 0 Å². The molecule has 0 aromatic carbocycles. The predicted molar refractivity (Wildman–Crippen MR) is 35.5 cm³/mol. The van der Waals surface area contributed by atoms with Gasteiger partial charge < -0.3 is 0 Å². The Labute approximate surface area is 54.0 Å². The maximum absolute atomic E-state index is 12.9. The Balaban J connectivity index is 2.78. The van der Waals surface area contributed by atoms with Crippen LogP contribution in [0.1, 0.15) is 6.92 Å². The van der Waals surface area contributed by atoms with E-state index in [1.54, 1.807) is 25.2 Å². The monoisotopic (exact) mass is 127 g/mol. The normalized spacial score (nSPS) is 41.4. The minimum absolute atomic E-state index is 0.206. The molecule has 1 rings (SSSR count). The Hall–Kier alpha value is -0.630. The van der Waals surface area contributed by atoms with Crippen molar-refractivity contribution in [3.63, 3.8) is 0 Å². The molecule has 0 aromatic rings. The second kappa shape index (κ2) is 1.95. The third-order valence-electron chi connectivity index (χ3n) is 1.56. The molecule has 50 valence electrons. The van der Waals surface area contributed by atoms with Crippen molar-refractivity contribution in [2.45, 2.75) is 12.7 Å². The highest BCUT2D eigenvalue weighted by Crippen LogP contribution is 2.21. The van der Waals surface area contributed by atoms with Gasteiger partial charge in [0.25, 0.3) is 0 Å². The van der Waals surface area contributed by atoms with Gasteiger partial charge in [-0.15, -0.1) is 0 Å². The van der Waals surface area contributed by atoms with E-state index in [9.17, 15) is 4.39 Å². The summed E-state index contributed by atoms with van der Waals surface area (Å²) < 4.78 is 12.9. The summed E-state index contributed by atoms with van der Waals surface area (Å²) in [6.07, 6.45) is 6.55. The lowest BCUT2D eigenvalue weighted by molar-refractivity contribution is 0.184. The van der Waals surface area contributed by atoms with Gasteiger partial charge in [0.1, 0.15) is 0 Å². The zero-order chi connectivity index (χ0) is 6.91. The summed E-state index contributed by atoms with van der Waals surface area (Å²) in [5.74, 6) is -1.84. The zero-order valence-electron chi connectivity index (χ0n) is 5.34. The van der Waals surface area contributed by atoms with Crippen LogP contribution in [0, 0.1) is 5.92 Å². The molecular weight excluding hydrogens is 117 g/mol. The SMILES string of the molecule is CC1C=CC=CC1(N)F. The standard InChI is InChI=1S/C7H10FN/c1-6-4-2-3-5-7(6,8)9/h2-6H,9H2,1H3. The molecule has 0 saturated carbocycles. The van der Waals surface area contributed by atoms with Crippen molar-refractivity contribution in [1.82, 2.24) is 0 Å². The number of allylic oxidation sites excluding steroid dienone is 2. The molecule has 9 heavy (non-hydrogen) atoms. The molecule has 0 fully saturated rings. The molecule has 2 heteroatoms. The highest BCUT2D eigenvalue weighted by Gasteiger charge is 2.27. The number of nitrogens with two attached hydrogens (primary N) is 1. The summed E-state index contributed by atoms with van der Waals surface area (Å²) in [4.78, 5) is 0. The highest BCUT2D eigenvalue weighted by molar-refractivity contribution is 5.18. The van der Waals surface area contributed by atoms with Gasteiger partial charge in [-0.25, -0.2) is 4.39 Å². The lowest BCUT2D eigenvalue weighted by Crippen LogP contribution is -2.39. The summed E-state index contributed by atoms with van der Waals surface area (Å²) in [5.41, 5.74) is 5.22. The lowest BCUT2D eigenvalue weighted by atomic mass is 9.96. The van der Waals surface area contributed by atoms with Crippen molar-refractivity contribution in [2.75, 3.05) is 0 Å². The van der Waals surface area contributed by atoms with Gasteiger partial charge in [-0.05, 0) is 6.08 Å².